The lowest BCUT2D eigenvalue weighted by Gasteiger charge is -2.22. The van der Waals surface area contributed by atoms with E-state index in [0.29, 0.717) is 10.6 Å². The van der Waals surface area contributed by atoms with Crippen LogP contribution in [0.1, 0.15) is 22.8 Å². The second-order valence-corrected chi connectivity index (χ2v) is 4.31. The molecule has 6 heteroatoms. The van der Waals surface area contributed by atoms with Gasteiger partial charge in [-0.1, -0.05) is 11.6 Å². The zero-order valence-electron chi connectivity index (χ0n) is 10.0. The van der Waals surface area contributed by atoms with E-state index in [1.54, 1.807) is 6.92 Å². The third kappa shape index (κ3) is 3.91. The molecule has 1 aromatic carbocycles. The minimum Gasteiger partial charge on any atom is -0.330 e. The van der Waals surface area contributed by atoms with Gasteiger partial charge in [-0.2, -0.15) is 13.2 Å². The van der Waals surface area contributed by atoms with Crippen molar-refractivity contribution in [1.29, 1.82) is 0 Å². The van der Waals surface area contributed by atoms with Gasteiger partial charge >= 0.3 is 6.18 Å². The molecule has 2 nitrogen and oxygen atoms in total. The molecular weight excluding hydrogens is 267 g/mol. The minimum atomic E-state index is -4.40. The zero-order valence-corrected chi connectivity index (χ0v) is 10.8. The predicted octanol–water partition coefficient (Wildman–Crippen LogP) is 3.67. The smallest absolute Gasteiger partial charge is 0.330 e. The second kappa shape index (κ2) is 5.61. The van der Waals surface area contributed by atoms with Crippen molar-refractivity contribution < 1.29 is 18.0 Å². The number of halogens is 4. The summed E-state index contributed by atoms with van der Waals surface area (Å²) in [5.41, 5.74) is 0.869. The molecule has 0 fully saturated rings. The predicted molar refractivity (Wildman–Crippen MR) is 63.8 cm³/mol. The third-order valence-corrected chi connectivity index (χ3v) is 2.87. The Balaban J connectivity index is 2.93. The monoisotopic (exact) mass is 279 g/mol. The van der Waals surface area contributed by atoms with Crippen LogP contribution in [0.3, 0.4) is 0 Å². The van der Waals surface area contributed by atoms with Crippen LogP contribution in [0.5, 0.6) is 0 Å². The molecular formula is C12H13ClF3NO. The minimum absolute atomic E-state index is 0.0000172. The zero-order chi connectivity index (χ0) is 13.9. The first-order valence-electron chi connectivity index (χ1n) is 5.36. The Kier molecular flexibility index (Phi) is 4.62. The lowest BCUT2D eigenvalue weighted by Crippen LogP contribution is -2.38. The number of carbonyl (C=O) groups is 1. The van der Waals surface area contributed by atoms with Crippen LogP contribution in [0.2, 0.25) is 5.02 Å². The van der Waals surface area contributed by atoms with Crippen LogP contribution in [0, 0.1) is 6.92 Å². The highest BCUT2D eigenvalue weighted by molar-refractivity contribution is 6.31. The number of carbonyl (C=O) groups excluding carboxylic acids is 1. The van der Waals surface area contributed by atoms with Crippen LogP contribution >= 0.6 is 11.6 Å². The summed E-state index contributed by atoms with van der Waals surface area (Å²) in [5, 5.41) is 0.477. The quantitative estimate of drug-likeness (QED) is 0.827. The van der Waals surface area contributed by atoms with Gasteiger partial charge in [0, 0.05) is 17.1 Å². The molecule has 1 amide bonds. The fourth-order valence-electron chi connectivity index (χ4n) is 1.50. The van der Waals surface area contributed by atoms with Gasteiger partial charge in [0.25, 0.3) is 5.91 Å². The van der Waals surface area contributed by atoms with Crippen LogP contribution in [0.25, 0.3) is 0 Å². The molecule has 0 heterocycles. The van der Waals surface area contributed by atoms with Crippen molar-refractivity contribution in [3.63, 3.8) is 0 Å². The van der Waals surface area contributed by atoms with Crippen molar-refractivity contribution in [2.24, 2.45) is 0 Å². The van der Waals surface area contributed by atoms with Gasteiger partial charge in [0.1, 0.15) is 6.54 Å². The molecule has 0 spiro atoms. The first kappa shape index (κ1) is 14.8. The van der Waals surface area contributed by atoms with E-state index in [0.717, 1.165) is 4.90 Å². The van der Waals surface area contributed by atoms with E-state index in [-0.39, 0.29) is 12.1 Å². The molecule has 0 radical (unpaired) electrons. The lowest BCUT2D eigenvalue weighted by atomic mass is 10.1. The second-order valence-electron chi connectivity index (χ2n) is 3.90. The van der Waals surface area contributed by atoms with Crippen molar-refractivity contribution in [3.05, 3.63) is 34.3 Å². The molecule has 0 aliphatic carbocycles. The Morgan fingerprint density at radius 3 is 2.44 bits per heavy atom. The van der Waals surface area contributed by atoms with Gasteiger partial charge in [0.15, 0.2) is 0 Å². The van der Waals surface area contributed by atoms with Crippen molar-refractivity contribution in [2.45, 2.75) is 20.0 Å². The number of amides is 1. The molecule has 0 saturated heterocycles. The number of hydrogen-bond donors (Lipinski definition) is 0. The molecule has 0 saturated carbocycles. The molecule has 0 aromatic heterocycles. The molecule has 0 aliphatic heterocycles. The van der Waals surface area contributed by atoms with Crippen molar-refractivity contribution in [1.82, 2.24) is 4.90 Å². The molecule has 1 rings (SSSR count). The average Bonchev–Trinajstić information content (AvgIpc) is 2.27. The third-order valence-electron chi connectivity index (χ3n) is 2.44. The molecule has 18 heavy (non-hydrogen) atoms. The summed E-state index contributed by atoms with van der Waals surface area (Å²) in [6.45, 7) is 1.95. The summed E-state index contributed by atoms with van der Waals surface area (Å²) in [7, 11) is 0. The lowest BCUT2D eigenvalue weighted by molar-refractivity contribution is -0.140. The normalized spacial score (nSPS) is 11.4. The largest absolute Gasteiger partial charge is 0.406 e. The number of benzene rings is 1. The van der Waals surface area contributed by atoms with Crippen molar-refractivity contribution in [3.8, 4) is 0 Å². The van der Waals surface area contributed by atoms with Gasteiger partial charge < -0.3 is 4.90 Å². The fourth-order valence-corrected chi connectivity index (χ4v) is 1.62. The standard InChI is InChI=1S/C12H13ClF3NO/c1-3-17(7-12(14,15)16)11(18)9-4-5-10(13)8(2)6-9/h4-6H,3,7H2,1-2H3. The van der Waals surface area contributed by atoms with Crippen LogP contribution in [-0.4, -0.2) is 30.1 Å². The maximum absolute atomic E-state index is 12.3. The van der Waals surface area contributed by atoms with Gasteiger partial charge in [0.05, 0.1) is 0 Å². The average molecular weight is 280 g/mol. The van der Waals surface area contributed by atoms with E-state index in [1.807, 2.05) is 0 Å². The fraction of sp³-hybridized carbons (Fsp3) is 0.417. The Bertz CT molecular complexity index is 445. The maximum Gasteiger partial charge on any atom is 0.406 e. The summed E-state index contributed by atoms with van der Waals surface area (Å²) < 4.78 is 36.9. The van der Waals surface area contributed by atoms with Crippen LogP contribution in [-0.2, 0) is 0 Å². The van der Waals surface area contributed by atoms with Crippen LogP contribution in [0.4, 0.5) is 13.2 Å². The highest BCUT2D eigenvalue weighted by Gasteiger charge is 2.32. The van der Waals surface area contributed by atoms with Gasteiger partial charge in [-0.25, -0.2) is 0 Å². The summed E-state index contributed by atoms with van der Waals surface area (Å²) in [6, 6.07) is 4.42. The summed E-state index contributed by atoms with van der Waals surface area (Å²) in [4.78, 5) is 12.7. The summed E-state index contributed by atoms with van der Waals surface area (Å²) in [5.74, 6) is -0.644. The maximum atomic E-state index is 12.3. The topological polar surface area (TPSA) is 20.3 Å². The van der Waals surface area contributed by atoms with Gasteiger partial charge in [-0.15, -0.1) is 0 Å². The SMILES string of the molecule is CCN(CC(F)(F)F)C(=O)c1ccc(Cl)c(C)c1. The first-order valence-corrected chi connectivity index (χ1v) is 5.74. The summed E-state index contributed by atoms with van der Waals surface area (Å²) in [6.07, 6.45) is -4.40. The van der Waals surface area contributed by atoms with E-state index in [2.05, 4.69) is 0 Å². The van der Waals surface area contributed by atoms with E-state index in [9.17, 15) is 18.0 Å². The van der Waals surface area contributed by atoms with E-state index in [1.165, 1.54) is 25.1 Å². The highest BCUT2D eigenvalue weighted by atomic mass is 35.5. The van der Waals surface area contributed by atoms with Crippen LogP contribution in [0.15, 0.2) is 18.2 Å². The Morgan fingerprint density at radius 1 is 1.39 bits per heavy atom. The molecule has 100 valence electrons. The number of nitrogens with zero attached hydrogens (tertiary/aromatic N) is 1. The van der Waals surface area contributed by atoms with Crippen LogP contribution < -0.4 is 0 Å². The van der Waals surface area contributed by atoms with Gasteiger partial charge in [-0.05, 0) is 37.6 Å². The highest BCUT2D eigenvalue weighted by Crippen LogP contribution is 2.20. The van der Waals surface area contributed by atoms with Gasteiger partial charge in [0.2, 0.25) is 0 Å². The van der Waals surface area contributed by atoms with Crippen molar-refractivity contribution >= 4 is 17.5 Å². The number of hydrogen-bond acceptors (Lipinski definition) is 1. The number of aryl methyl sites for hydroxylation is 1. The van der Waals surface area contributed by atoms with E-state index < -0.39 is 18.6 Å². The molecule has 0 bridgehead atoms. The molecule has 1 aromatic rings. The molecule has 0 unspecified atom stereocenters. The first-order chi connectivity index (χ1) is 8.24. The Labute approximate surface area is 108 Å². The van der Waals surface area contributed by atoms with E-state index >= 15 is 0 Å². The Morgan fingerprint density at radius 2 is 2.00 bits per heavy atom. The number of alkyl halides is 3. The number of rotatable bonds is 3. The molecule has 0 N–H and O–H groups in total. The molecule has 0 atom stereocenters. The van der Waals surface area contributed by atoms with E-state index in [4.69, 9.17) is 11.6 Å². The van der Waals surface area contributed by atoms with Crippen molar-refractivity contribution in [2.75, 3.05) is 13.1 Å². The van der Waals surface area contributed by atoms with Gasteiger partial charge in [-0.3, -0.25) is 4.79 Å². The molecule has 0 aliphatic rings. The summed E-state index contributed by atoms with van der Waals surface area (Å²) >= 11 is 5.80. The Hall–Kier alpha value is -1.23.